The predicted octanol–water partition coefficient (Wildman–Crippen LogP) is 5.83. The van der Waals surface area contributed by atoms with E-state index in [1.54, 1.807) is 0 Å². The molecular formula is C25H40O4. The van der Waals surface area contributed by atoms with Crippen LogP contribution in [-0.4, -0.2) is 23.1 Å². The van der Waals surface area contributed by atoms with Gasteiger partial charge in [0.05, 0.1) is 0 Å². The van der Waals surface area contributed by atoms with E-state index in [1.807, 2.05) is 0 Å². The number of ether oxygens (including phenoxy) is 1. The number of esters is 1. The van der Waals surface area contributed by atoms with Gasteiger partial charge in [-0.25, -0.2) is 0 Å². The van der Waals surface area contributed by atoms with E-state index < -0.39 is 5.97 Å². The number of carboxylic acid groups (broad SMARTS) is 1. The van der Waals surface area contributed by atoms with Crippen LogP contribution in [0.15, 0.2) is 0 Å². The van der Waals surface area contributed by atoms with E-state index in [4.69, 9.17) is 9.84 Å². The van der Waals surface area contributed by atoms with Gasteiger partial charge in [-0.15, -0.1) is 0 Å². The fourth-order valence-electron chi connectivity index (χ4n) is 8.22. The highest BCUT2D eigenvalue weighted by atomic mass is 16.5. The van der Waals surface area contributed by atoms with Crippen LogP contribution >= 0.6 is 0 Å². The Bertz CT molecular complexity index is 645. The Hall–Kier alpha value is -1.06. The summed E-state index contributed by atoms with van der Waals surface area (Å²) in [6.45, 7) is 7.63. The Morgan fingerprint density at radius 3 is 2.41 bits per heavy atom. The number of carbonyl (C=O) groups is 2. The largest absolute Gasteiger partial charge is 0.481 e. The molecule has 4 nitrogen and oxygen atoms in total. The molecule has 0 amide bonds. The molecule has 1 N–H and O–H groups in total. The molecule has 8 atom stereocenters. The molecule has 0 spiro atoms. The van der Waals surface area contributed by atoms with Gasteiger partial charge in [-0.1, -0.05) is 20.8 Å². The predicted molar refractivity (Wildman–Crippen MR) is 112 cm³/mol. The summed E-state index contributed by atoms with van der Waals surface area (Å²) in [6, 6.07) is 0. The summed E-state index contributed by atoms with van der Waals surface area (Å²) in [4.78, 5) is 22.8. The maximum Gasteiger partial charge on any atom is 0.306 e. The second kappa shape index (κ2) is 7.89. The summed E-state index contributed by atoms with van der Waals surface area (Å²) in [6.07, 6.45) is 12.2. The zero-order chi connectivity index (χ0) is 20.8. The molecule has 4 aliphatic rings. The number of fused-ring (bicyclic) bond motifs is 5. The van der Waals surface area contributed by atoms with E-state index in [0.29, 0.717) is 23.2 Å². The molecule has 0 bridgehead atoms. The van der Waals surface area contributed by atoms with E-state index in [2.05, 4.69) is 20.8 Å². The summed E-state index contributed by atoms with van der Waals surface area (Å²) < 4.78 is 5.77. The van der Waals surface area contributed by atoms with Crippen molar-refractivity contribution < 1.29 is 19.4 Å². The number of carbonyl (C=O) groups excluding carboxylic acids is 1. The lowest BCUT2D eigenvalue weighted by Gasteiger charge is -2.61. The Labute approximate surface area is 176 Å². The molecule has 4 saturated carbocycles. The molecule has 4 fully saturated rings. The second-order valence-corrected chi connectivity index (χ2v) is 11.3. The third kappa shape index (κ3) is 3.74. The molecule has 0 unspecified atom stereocenters. The Morgan fingerprint density at radius 1 is 0.931 bits per heavy atom. The molecule has 164 valence electrons. The van der Waals surface area contributed by atoms with Crippen LogP contribution in [0.1, 0.15) is 97.8 Å². The fourth-order valence-corrected chi connectivity index (χ4v) is 8.22. The van der Waals surface area contributed by atoms with Crippen LogP contribution in [0.5, 0.6) is 0 Å². The van der Waals surface area contributed by atoms with Gasteiger partial charge in [0.1, 0.15) is 6.10 Å². The van der Waals surface area contributed by atoms with Crippen LogP contribution in [0.2, 0.25) is 0 Å². The topological polar surface area (TPSA) is 63.6 Å². The number of hydrogen-bond acceptors (Lipinski definition) is 3. The highest BCUT2D eigenvalue weighted by Gasteiger charge is 2.59. The van der Waals surface area contributed by atoms with Crippen molar-refractivity contribution in [2.24, 2.45) is 40.4 Å². The first-order chi connectivity index (χ1) is 13.7. The molecule has 4 rings (SSSR count). The zero-order valence-corrected chi connectivity index (χ0v) is 18.6. The van der Waals surface area contributed by atoms with Gasteiger partial charge in [-0.2, -0.15) is 0 Å². The van der Waals surface area contributed by atoms with Crippen molar-refractivity contribution in [1.29, 1.82) is 0 Å². The van der Waals surface area contributed by atoms with E-state index in [1.165, 1.54) is 44.9 Å². The van der Waals surface area contributed by atoms with Crippen LogP contribution in [0.4, 0.5) is 0 Å². The van der Waals surface area contributed by atoms with Gasteiger partial charge in [0, 0.05) is 12.8 Å². The SMILES string of the molecule is C[C@H]1CC[C@H]2[C@@H]3CC[C@@H]4C[C@H](OC(=O)CCCC(=O)O)CC[C@]4(C)[C@H]3CC[C@]12C. The lowest BCUT2D eigenvalue weighted by atomic mass is 9.45. The van der Waals surface area contributed by atoms with Crippen LogP contribution in [0.25, 0.3) is 0 Å². The van der Waals surface area contributed by atoms with Crippen LogP contribution < -0.4 is 0 Å². The van der Waals surface area contributed by atoms with E-state index in [-0.39, 0.29) is 24.9 Å². The molecule has 0 radical (unpaired) electrons. The van der Waals surface area contributed by atoms with Gasteiger partial charge in [0.2, 0.25) is 0 Å². The molecule has 4 aliphatic carbocycles. The van der Waals surface area contributed by atoms with Crippen molar-refractivity contribution in [2.45, 2.75) is 104 Å². The summed E-state index contributed by atoms with van der Waals surface area (Å²) in [7, 11) is 0. The lowest BCUT2D eigenvalue weighted by molar-refractivity contribution is -0.162. The lowest BCUT2D eigenvalue weighted by Crippen LogP contribution is -2.54. The molecule has 0 aromatic carbocycles. The van der Waals surface area contributed by atoms with Gasteiger partial charge in [-0.3, -0.25) is 9.59 Å². The average molecular weight is 405 g/mol. The third-order valence-electron chi connectivity index (χ3n) is 10.2. The van der Waals surface area contributed by atoms with Crippen molar-refractivity contribution in [2.75, 3.05) is 0 Å². The van der Waals surface area contributed by atoms with Gasteiger partial charge < -0.3 is 9.84 Å². The summed E-state index contributed by atoms with van der Waals surface area (Å²) in [5.41, 5.74) is 0.995. The zero-order valence-electron chi connectivity index (χ0n) is 18.6. The first-order valence-corrected chi connectivity index (χ1v) is 12.2. The second-order valence-electron chi connectivity index (χ2n) is 11.3. The van der Waals surface area contributed by atoms with Crippen molar-refractivity contribution in [3.8, 4) is 0 Å². The minimum atomic E-state index is -0.844. The van der Waals surface area contributed by atoms with Crippen molar-refractivity contribution in [3.05, 3.63) is 0 Å². The Balaban J connectivity index is 1.36. The Kier molecular flexibility index (Phi) is 5.76. The highest BCUT2D eigenvalue weighted by Crippen LogP contribution is 2.67. The van der Waals surface area contributed by atoms with Gasteiger partial charge >= 0.3 is 11.9 Å². The molecular weight excluding hydrogens is 364 g/mol. The molecule has 0 aromatic rings. The van der Waals surface area contributed by atoms with Crippen LogP contribution in [-0.2, 0) is 14.3 Å². The third-order valence-corrected chi connectivity index (χ3v) is 10.2. The van der Waals surface area contributed by atoms with Crippen molar-refractivity contribution in [3.63, 3.8) is 0 Å². The molecule has 0 saturated heterocycles. The number of hydrogen-bond donors (Lipinski definition) is 1. The molecule has 29 heavy (non-hydrogen) atoms. The normalized spacial score (nSPS) is 46.3. The summed E-state index contributed by atoms with van der Waals surface area (Å²) in [5, 5.41) is 8.74. The molecule has 0 aliphatic heterocycles. The highest BCUT2D eigenvalue weighted by molar-refractivity contribution is 5.71. The van der Waals surface area contributed by atoms with Gasteiger partial charge in [0.25, 0.3) is 0 Å². The fraction of sp³-hybridized carbons (Fsp3) is 0.920. The van der Waals surface area contributed by atoms with Crippen molar-refractivity contribution >= 4 is 11.9 Å². The van der Waals surface area contributed by atoms with Crippen LogP contribution in [0.3, 0.4) is 0 Å². The number of aliphatic carboxylic acids is 1. The van der Waals surface area contributed by atoms with Gasteiger partial charge in [-0.05, 0) is 105 Å². The van der Waals surface area contributed by atoms with Crippen LogP contribution in [0, 0.1) is 40.4 Å². The number of rotatable bonds is 5. The first kappa shape index (κ1) is 21.2. The summed E-state index contributed by atoms with van der Waals surface area (Å²) in [5.74, 6) is 3.21. The van der Waals surface area contributed by atoms with Crippen molar-refractivity contribution in [1.82, 2.24) is 0 Å². The summed E-state index contributed by atoms with van der Waals surface area (Å²) >= 11 is 0. The molecule has 0 heterocycles. The molecule has 0 aromatic heterocycles. The monoisotopic (exact) mass is 404 g/mol. The minimum absolute atomic E-state index is 0.0438. The van der Waals surface area contributed by atoms with Gasteiger partial charge in [0.15, 0.2) is 0 Å². The maximum atomic E-state index is 12.1. The quantitative estimate of drug-likeness (QED) is 0.585. The number of carboxylic acids is 1. The average Bonchev–Trinajstić information content (AvgIpc) is 2.97. The van der Waals surface area contributed by atoms with E-state index >= 15 is 0 Å². The standard InChI is InChI=1S/C25H40O4/c1-16-7-10-20-19-9-8-17-15-18(29-23(28)6-4-5-22(26)27)11-13-25(17,3)21(19)12-14-24(16,20)2/h16-21H,4-15H2,1-3H3,(H,26,27)/t16-,17+,18+,19-,20-,21-,24+,25-/m0/s1. The van der Waals surface area contributed by atoms with E-state index in [9.17, 15) is 9.59 Å². The first-order valence-electron chi connectivity index (χ1n) is 12.2. The smallest absolute Gasteiger partial charge is 0.306 e. The minimum Gasteiger partial charge on any atom is -0.481 e. The Morgan fingerprint density at radius 2 is 1.66 bits per heavy atom. The molecule has 4 heteroatoms. The maximum absolute atomic E-state index is 12.1. The van der Waals surface area contributed by atoms with E-state index in [0.717, 1.165) is 36.5 Å².